The van der Waals surface area contributed by atoms with E-state index in [1.807, 2.05) is 6.92 Å². The smallest absolute Gasteiger partial charge is 0.209 e. The van der Waals surface area contributed by atoms with E-state index in [0.29, 0.717) is 30.7 Å². The first-order valence-electron chi connectivity index (χ1n) is 5.03. The minimum absolute atomic E-state index is 0.0138. The quantitative estimate of drug-likeness (QED) is 0.579. The van der Waals surface area contributed by atoms with Gasteiger partial charge in [-0.15, -0.1) is 5.10 Å². The van der Waals surface area contributed by atoms with Crippen molar-refractivity contribution in [2.45, 2.75) is 24.7 Å². The van der Waals surface area contributed by atoms with E-state index >= 15 is 0 Å². The molecule has 1 aromatic rings. The molecule has 1 aromatic heterocycles. The number of nitrogens with zero attached hydrogens (tertiary/aromatic N) is 4. The summed E-state index contributed by atoms with van der Waals surface area (Å²) in [5.74, 6) is 0.464. The van der Waals surface area contributed by atoms with Crippen LogP contribution in [-0.2, 0) is 11.3 Å². The Labute approximate surface area is 97.8 Å². The van der Waals surface area contributed by atoms with Crippen LogP contribution in [0.1, 0.15) is 6.92 Å². The first-order valence-corrected chi connectivity index (χ1v) is 6.02. The molecule has 0 bridgehead atoms. The summed E-state index contributed by atoms with van der Waals surface area (Å²) in [7, 11) is 0. The fraction of sp³-hybridized carbons (Fsp3) is 0.875. The van der Waals surface area contributed by atoms with Gasteiger partial charge in [-0.3, -0.25) is 0 Å². The highest BCUT2D eigenvalue weighted by molar-refractivity contribution is 7.99. The molecule has 0 aliphatic carbocycles. The number of aliphatic hydroxyl groups is 2. The van der Waals surface area contributed by atoms with Gasteiger partial charge in [0, 0.05) is 12.4 Å². The maximum Gasteiger partial charge on any atom is 0.209 e. The highest BCUT2D eigenvalue weighted by Gasteiger charge is 2.10. The molecule has 0 spiro atoms. The number of ether oxygens (including phenoxy) is 1. The minimum atomic E-state index is -0.538. The molecule has 1 rings (SSSR count). The van der Waals surface area contributed by atoms with E-state index in [2.05, 4.69) is 15.5 Å². The van der Waals surface area contributed by atoms with E-state index in [9.17, 15) is 5.11 Å². The zero-order chi connectivity index (χ0) is 11.8. The van der Waals surface area contributed by atoms with Crippen molar-refractivity contribution in [3.8, 4) is 0 Å². The van der Waals surface area contributed by atoms with Crippen LogP contribution in [0.25, 0.3) is 0 Å². The van der Waals surface area contributed by atoms with Crippen LogP contribution in [0.4, 0.5) is 0 Å². The number of hydrogen-bond donors (Lipinski definition) is 2. The second-order valence-electron chi connectivity index (χ2n) is 3.03. The first-order chi connectivity index (χ1) is 7.77. The highest BCUT2D eigenvalue weighted by atomic mass is 32.2. The standard InChI is InChI=1S/C8H16N4O3S/c1-2-15-5-7(14)6-16-8-9-10-11-12(8)3-4-13/h7,13-14H,2-6H2,1H3. The molecule has 16 heavy (non-hydrogen) atoms. The topological polar surface area (TPSA) is 93.3 Å². The Morgan fingerprint density at radius 2 is 2.38 bits per heavy atom. The van der Waals surface area contributed by atoms with Crippen molar-refractivity contribution < 1.29 is 14.9 Å². The summed E-state index contributed by atoms with van der Waals surface area (Å²) < 4.78 is 6.58. The molecule has 0 aromatic carbocycles. The lowest BCUT2D eigenvalue weighted by atomic mass is 10.4. The van der Waals surface area contributed by atoms with Crippen molar-refractivity contribution in [2.75, 3.05) is 25.6 Å². The Morgan fingerprint density at radius 1 is 1.56 bits per heavy atom. The highest BCUT2D eigenvalue weighted by Crippen LogP contribution is 2.14. The molecule has 0 fully saturated rings. The van der Waals surface area contributed by atoms with Gasteiger partial charge in [-0.1, -0.05) is 11.8 Å². The largest absolute Gasteiger partial charge is 0.394 e. The maximum absolute atomic E-state index is 9.53. The molecule has 1 atom stereocenters. The van der Waals surface area contributed by atoms with Crippen molar-refractivity contribution in [2.24, 2.45) is 0 Å². The predicted molar refractivity (Wildman–Crippen MR) is 58.1 cm³/mol. The normalized spacial score (nSPS) is 12.9. The van der Waals surface area contributed by atoms with Gasteiger partial charge < -0.3 is 14.9 Å². The summed E-state index contributed by atoms with van der Waals surface area (Å²) in [4.78, 5) is 0. The van der Waals surface area contributed by atoms with Gasteiger partial charge in [0.25, 0.3) is 0 Å². The fourth-order valence-electron chi connectivity index (χ4n) is 1.01. The number of tetrazole rings is 1. The zero-order valence-corrected chi connectivity index (χ0v) is 9.93. The Kier molecular flexibility index (Phi) is 6.31. The van der Waals surface area contributed by atoms with Crippen LogP contribution in [0.15, 0.2) is 5.16 Å². The van der Waals surface area contributed by atoms with Crippen LogP contribution in [0.3, 0.4) is 0 Å². The van der Waals surface area contributed by atoms with E-state index in [-0.39, 0.29) is 6.61 Å². The number of hydrogen-bond acceptors (Lipinski definition) is 7. The van der Waals surface area contributed by atoms with E-state index in [1.165, 1.54) is 16.4 Å². The van der Waals surface area contributed by atoms with Crippen LogP contribution < -0.4 is 0 Å². The first kappa shape index (κ1) is 13.4. The van der Waals surface area contributed by atoms with Crippen molar-refractivity contribution in [1.29, 1.82) is 0 Å². The van der Waals surface area contributed by atoms with Gasteiger partial charge in [-0.05, 0) is 17.4 Å². The SMILES string of the molecule is CCOCC(O)CSc1nnnn1CCO. The Balaban J connectivity index is 2.32. The van der Waals surface area contributed by atoms with E-state index in [1.54, 1.807) is 0 Å². The van der Waals surface area contributed by atoms with Crippen LogP contribution >= 0.6 is 11.8 Å². The summed E-state index contributed by atoms with van der Waals surface area (Å²) in [6.07, 6.45) is -0.538. The summed E-state index contributed by atoms with van der Waals surface area (Å²) >= 11 is 1.34. The molecule has 2 N–H and O–H groups in total. The Hall–Kier alpha value is -0.700. The molecule has 0 amide bonds. The molecule has 0 radical (unpaired) electrons. The van der Waals surface area contributed by atoms with Gasteiger partial charge in [0.2, 0.25) is 5.16 Å². The van der Waals surface area contributed by atoms with Crippen molar-refractivity contribution >= 4 is 11.8 Å². The Morgan fingerprint density at radius 3 is 3.06 bits per heavy atom. The van der Waals surface area contributed by atoms with E-state index < -0.39 is 6.10 Å². The van der Waals surface area contributed by atoms with E-state index in [4.69, 9.17) is 9.84 Å². The van der Waals surface area contributed by atoms with Crippen molar-refractivity contribution in [3.05, 3.63) is 0 Å². The molecule has 8 heteroatoms. The average molecular weight is 248 g/mol. The van der Waals surface area contributed by atoms with Gasteiger partial charge in [-0.25, -0.2) is 4.68 Å². The zero-order valence-electron chi connectivity index (χ0n) is 9.11. The average Bonchev–Trinajstić information content (AvgIpc) is 2.72. The molecule has 1 heterocycles. The van der Waals surface area contributed by atoms with Gasteiger partial charge in [-0.2, -0.15) is 0 Å². The fourth-order valence-corrected chi connectivity index (χ4v) is 1.82. The molecule has 0 aliphatic heterocycles. The molecular formula is C8H16N4O3S. The monoisotopic (exact) mass is 248 g/mol. The minimum Gasteiger partial charge on any atom is -0.394 e. The number of aromatic nitrogens is 4. The van der Waals surface area contributed by atoms with Gasteiger partial charge in [0.15, 0.2) is 0 Å². The molecular weight excluding hydrogens is 232 g/mol. The third-order valence-corrected chi connectivity index (χ3v) is 2.83. The third kappa shape index (κ3) is 4.44. The maximum atomic E-state index is 9.53. The lowest BCUT2D eigenvalue weighted by Crippen LogP contribution is -2.18. The summed E-state index contributed by atoms with van der Waals surface area (Å²) in [5.41, 5.74) is 0. The van der Waals surface area contributed by atoms with Crippen molar-refractivity contribution in [1.82, 2.24) is 20.2 Å². The number of aliphatic hydroxyl groups excluding tert-OH is 2. The van der Waals surface area contributed by atoms with Crippen LogP contribution in [0, 0.1) is 0 Å². The van der Waals surface area contributed by atoms with Gasteiger partial charge in [0.05, 0.1) is 25.9 Å². The summed E-state index contributed by atoms with van der Waals surface area (Å²) in [6, 6.07) is 0. The molecule has 1 unspecified atom stereocenters. The van der Waals surface area contributed by atoms with Crippen LogP contribution in [-0.4, -0.2) is 62.1 Å². The van der Waals surface area contributed by atoms with E-state index in [0.717, 1.165) is 0 Å². The molecule has 7 nitrogen and oxygen atoms in total. The second-order valence-corrected chi connectivity index (χ2v) is 4.02. The lowest BCUT2D eigenvalue weighted by Gasteiger charge is -2.09. The summed E-state index contributed by atoms with van der Waals surface area (Å²) in [5, 5.41) is 29.9. The molecule has 0 saturated heterocycles. The third-order valence-electron chi connectivity index (χ3n) is 1.73. The number of thioether (sulfide) groups is 1. The second kappa shape index (κ2) is 7.55. The molecule has 0 aliphatic rings. The number of rotatable bonds is 8. The van der Waals surface area contributed by atoms with Crippen LogP contribution in [0.2, 0.25) is 0 Å². The van der Waals surface area contributed by atoms with Gasteiger partial charge >= 0.3 is 0 Å². The lowest BCUT2D eigenvalue weighted by molar-refractivity contribution is 0.0551. The molecule has 0 saturated carbocycles. The predicted octanol–water partition coefficient (Wildman–Crippen LogP) is -0.845. The molecule has 92 valence electrons. The Bertz CT molecular complexity index is 297. The van der Waals surface area contributed by atoms with Crippen LogP contribution in [0.5, 0.6) is 0 Å². The van der Waals surface area contributed by atoms with Crippen molar-refractivity contribution in [3.63, 3.8) is 0 Å². The summed E-state index contributed by atoms with van der Waals surface area (Å²) in [6.45, 7) is 3.12. The van der Waals surface area contributed by atoms with Gasteiger partial charge in [0.1, 0.15) is 0 Å².